The first-order valence-electron chi connectivity index (χ1n) is 8.47. The lowest BCUT2D eigenvalue weighted by Crippen LogP contribution is -2.48. The molecule has 0 radical (unpaired) electrons. The highest BCUT2D eigenvalue weighted by atomic mass is 16.5. The van der Waals surface area contributed by atoms with E-state index in [1.807, 2.05) is 30.3 Å². The van der Waals surface area contributed by atoms with Gasteiger partial charge in [0.15, 0.2) is 0 Å². The Kier molecular flexibility index (Phi) is 4.65. The highest BCUT2D eigenvalue weighted by Gasteiger charge is 2.18. The van der Waals surface area contributed by atoms with Gasteiger partial charge in [-0.2, -0.15) is 0 Å². The molecule has 0 atom stereocenters. The molecule has 1 saturated heterocycles. The van der Waals surface area contributed by atoms with Crippen molar-refractivity contribution in [1.29, 1.82) is 0 Å². The number of benzene rings is 1. The van der Waals surface area contributed by atoms with Crippen LogP contribution in [0.15, 0.2) is 48.9 Å². The van der Waals surface area contributed by atoms with Crippen molar-refractivity contribution < 1.29 is 4.74 Å². The van der Waals surface area contributed by atoms with Gasteiger partial charge in [-0.3, -0.25) is 4.90 Å². The Morgan fingerprint density at radius 3 is 2.44 bits per heavy atom. The lowest BCUT2D eigenvalue weighted by atomic mass is 10.3. The molecule has 1 aliphatic rings. The van der Waals surface area contributed by atoms with Crippen LogP contribution in [0.5, 0.6) is 5.88 Å². The molecule has 7 nitrogen and oxygen atoms in total. The van der Waals surface area contributed by atoms with E-state index in [1.165, 1.54) is 0 Å². The number of ether oxygens (including phenoxy) is 1. The number of para-hydroxylation sites is 2. The summed E-state index contributed by atoms with van der Waals surface area (Å²) >= 11 is 0. The third-order valence-corrected chi connectivity index (χ3v) is 4.29. The number of nitrogens with zero attached hydrogens (tertiary/aromatic N) is 6. The van der Waals surface area contributed by atoms with Gasteiger partial charge < -0.3 is 9.64 Å². The molecule has 0 amide bonds. The minimum atomic E-state index is 0.579. The van der Waals surface area contributed by atoms with Crippen molar-refractivity contribution >= 4 is 17.0 Å². The zero-order valence-corrected chi connectivity index (χ0v) is 14.0. The lowest BCUT2D eigenvalue weighted by Gasteiger charge is -2.34. The summed E-state index contributed by atoms with van der Waals surface area (Å²) in [6.45, 7) is 5.29. The summed E-state index contributed by atoms with van der Waals surface area (Å²) in [7, 11) is 0. The second-order valence-corrected chi connectivity index (χ2v) is 5.92. The Balaban J connectivity index is 1.25. The molecule has 4 rings (SSSR count). The van der Waals surface area contributed by atoms with E-state index in [2.05, 4.69) is 29.7 Å². The van der Waals surface area contributed by atoms with Crippen LogP contribution in [0.2, 0.25) is 0 Å². The molecule has 25 heavy (non-hydrogen) atoms. The summed E-state index contributed by atoms with van der Waals surface area (Å²) in [4.78, 5) is 22.1. The van der Waals surface area contributed by atoms with Crippen LogP contribution in [0.3, 0.4) is 0 Å². The van der Waals surface area contributed by atoms with E-state index in [0.717, 1.165) is 49.7 Å². The molecular formula is C18H20N6O. The van der Waals surface area contributed by atoms with Crippen LogP contribution in [0.4, 0.5) is 5.95 Å². The van der Waals surface area contributed by atoms with Crippen molar-refractivity contribution in [2.24, 2.45) is 0 Å². The van der Waals surface area contributed by atoms with E-state index < -0.39 is 0 Å². The Morgan fingerprint density at radius 1 is 0.880 bits per heavy atom. The molecule has 0 bridgehead atoms. The number of fused-ring (bicyclic) bond motifs is 1. The first-order chi connectivity index (χ1) is 12.4. The van der Waals surface area contributed by atoms with Gasteiger partial charge in [0.1, 0.15) is 6.61 Å². The fraction of sp³-hybridized carbons (Fsp3) is 0.333. The van der Waals surface area contributed by atoms with Crippen LogP contribution in [0.1, 0.15) is 0 Å². The van der Waals surface area contributed by atoms with E-state index in [9.17, 15) is 0 Å². The Morgan fingerprint density at radius 2 is 1.64 bits per heavy atom. The molecule has 0 N–H and O–H groups in total. The summed E-state index contributed by atoms with van der Waals surface area (Å²) in [5.41, 5.74) is 1.74. The molecule has 1 fully saturated rings. The molecule has 0 unspecified atom stereocenters. The first-order valence-corrected chi connectivity index (χ1v) is 8.47. The molecule has 1 aromatic carbocycles. The van der Waals surface area contributed by atoms with Gasteiger partial charge in [-0.15, -0.1) is 0 Å². The maximum atomic E-state index is 5.77. The number of piperazine rings is 1. The molecule has 2 aromatic heterocycles. The zero-order chi connectivity index (χ0) is 16.9. The molecule has 7 heteroatoms. The fourth-order valence-electron chi connectivity index (χ4n) is 2.92. The van der Waals surface area contributed by atoms with E-state index in [-0.39, 0.29) is 0 Å². The van der Waals surface area contributed by atoms with Gasteiger partial charge in [0, 0.05) is 45.1 Å². The first kappa shape index (κ1) is 15.7. The van der Waals surface area contributed by atoms with E-state index in [0.29, 0.717) is 12.5 Å². The number of aromatic nitrogens is 4. The van der Waals surface area contributed by atoms with Gasteiger partial charge in [-0.25, -0.2) is 19.9 Å². The lowest BCUT2D eigenvalue weighted by molar-refractivity contribution is 0.196. The van der Waals surface area contributed by atoms with E-state index >= 15 is 0 Å². The molecular weight excluding hydrogens is 316 g/mol. The normalized spacial score (nSPS) is 15.4. The molecule has 0 saturated carbocycles. The van der Waals surface area contributed by atoms with Crippen molar-refractivity contribution in [2.45, 2.75) is 0 Å². The second-order valence-electron chi connectivity index (χ2n) is 5.92. The van der Waals surface area contributed by atoms with E-state index in [4.69, 9.17) is 4.74 Å². The summed E-state index contributed by atoms with van der Waals surface area (Å²) in [6, 6.07) is 9.64. The highest BCUT2D eigenvalue weighted by Crippen LogP contribution is 2.13. The third kappa shape index (κ3) is 3.83. The topological polar surface area (TPSA) is 67.3 Å². The van der Waals surface area contributed by atoms with Crippen molar-refractivity contribution in [3.05, 3.63) is 48.9 Å². The number of anilines is 1. The van der Waals surface area contributed by atoms with Crippen molar-refractivity contribution in [2.75, 3.05) is 44.2 Å². The molecule has 128 valence electrons. The SMILES string of the molecule is c1cnc(N2CCN(CCOc3cnc4ccccc4n3)CC2)nc1. The second kappa shape index (κ2) is 7.40. The number of hydrogen-bond acceptors (Lipinski definition) is 7. The monoisotopic (exact) mass is 336 g/mol. The standard InChI is InChI=1S/C18H20N6O/c1-2-5-16-15(4-1)21-14-17(22-16)25-13-12-23-8-10-24(11-9-23)18-19-6-3-7-20-18/h1-7,14H,8-13H2. The van der Waals surface area contributed by atoms with Crippen LogP contribution in [-0.4, -0.2) is 64.2 Å². The van der Waals surface area contributed by atoms with E-state index in [1.54, 1.807) is 18.6 Å². The maximum Gasteiger partial charge on any atom is 0.232 e. The fourth-order valence-corrected chi connectivity index (χ4v) is 2.92. The van der Waals surface area contributed by atoms with Gasteiger partial charge in [0.05, 0.1) is 17.2 Å². The van der Waals surface area contributed by atoms with Crippen LogP contribution < -0.4 is 9.64 Å². The maximum absolute atomic E-state index is 5.77. The zero-order valence-electron chi connectivity index (χ0n) is 14.0. The van der Waals surface area contributed by atoms with Crippen molar-refractivity contribution in [3.8, 4) is 5.88 Å². The van der Waals surface area contributed by atoms with Gasteiger partial charge >= 0.3 is 0 Å². The molecule has 1 aliphatic heterocycles. The van der Waals surface area contributed by atoms with Crippen LogP contribution >= 0.6 is 0 Å². The molecule has 3 heterocycles. The average molecular weight is 336 g/mol. The van der Waals surface area contributed by atoms with Crippen molar-refractivity contribution in [3.63, 3.8) is 0 Å². The van der Waals surface area contributed by atoms with Gasteiger partial charge in [-0.1, -0.05) is 12.1 Å². The van der Waals surface area contributed by atoms with Gasteiger partial charge in [0.2, 0.25) is 11.8 Å². The minimum absolute atomic E-state index is 0.579. The highest BCUT2D eigenvalue weighted by molar-refractivity contribution is 5.73. The van der Waals surface area contributed by atoms with Gasteiger partial charge in [-0.05, 0) is 18.2 Å². The number of hydrogen-bond donors (Lipinski definition) is 0. The van der Waals surface area contributed by atoms with Crippen molar-refractivity contribution in [1.82, 2.24) is 24.8 Å². The predicted octanol–water partition coefficient (Wildman–Crippen LogP) is 1.62. The third-order valence-electron chi connectivity index (χ3n) is 4.29. The average Bonchev–Trinajstić information content (AvgIpc) is 2.69. The predicted molar refractivity (Wildman–Crippen MR) is 95.7 cm³/mol. The summed E-state index contributed by atoms with van der Waals surface area (Å²) in [5.74, 6) is 1.39. The van der Waals surface area contributed by atoms with Gasteiger partial charge in [0.25, 0.3) is 0 Å². The molecule has 3 aromatic rings. The Hall–Kier alpha value is -2.80. The largest absolute Gasteiger partial charge is 0.475 e. The Labute approximate surface area is 146 Å². The van der Waals surface area contributed by atoms with Crippen LogP contribution in [0, 0.1) is 0 Å². The summed E-state index contributed by atoms with van der Waals surface area (Å²) in [6.07, 6.45) is 5.26. The summed E-state index contributed by atoms with van der Waals surface area (Å²) in [5, 5.41) is 0. The summed E-state index contributed by atoms with van der Waals surface area (Å²) < 4.78 is 5.77. The minimum Gasteiger partial charge on any atom is -0.475 e. The Bertz CT molecular complexity index is 820. The van der Waals surface area contributed by atoms with Crippen LogP contribution in [-0.2, 0) is 0 Å². The quantitative estimate of drug-likeness (QED) is 0.701. The molecule has 0 spiro atoms. The number of rotatable bonds is 5. The molecule has 0 aliphatic carbocycles. The smallest absolute Gasteiger partial charge is 0.232 e. The van der Waals surface area contributed by atoms with Crippen LogP contribution in [0.25, 0.3) is 11.0 Å².